The van der Waals surface area contributed by atoms with Gasteiger partial charge in [-0.1, -0.05) is 79.4 Å². The van der Waals surface area contributed by atoms with Gasteiger partial charge < -0.3 is 14.2 Å². The predicted octanol–water partition coefficient (Wildman–Crippen LogP) is 6.56. The molecule has 4 nitrogen and oxygen atoms in total. The Bertz CT molecular complexity index is 1170. The van der Waals surface area contributed by atoms with Crippen LogP contribution < -0.4 is 14.2 Å². The maximum Gasteiger partial charge on any atom is 0.225 e. The van der Waals surface area contributed by atoms with E-state index in [1.54, 1.807) is 13.2 Å². The average molecular weight is 424 g/mol. The Morgan fingerprint density at radius 1 is 0.750 bits per heavy atom. The lowest BCUT2D eigenvalue weighted by Crippen LogP contribution is -2.03. The van der Waals surface area contributed by atoms with Gasteiger partial charge in [-0.3, -0.25) is 0 Å². The summed E-state index contributed by atoms with van der Waals surface area (Å²) in [5, 5.41) is 0. The van der Waals surface area contributed by atoms with Gasteiger partial charge in [0.15, 0.2) is 0 Å². The van der Waals surface area contributed by atoms with Gasteiger partial charge in [0, 0.05) is 17.2 Å². The Hall–Kier alpha value is -4.05. The van der Waals surface area contributed by atoms with E-state index < -0.39 is 0 Å². The van der Waals surface area contributed by atoms with Crippen molar-refractivity contribution in [2.45, 2.75) is 13.2 Å². The van der Waals surface area contributed by atoms with Crippen molar-refractivity contribution < 1.29 is 14.2 Å². The van der Waals surface area contributed by atoms with Crippen molar-refractivity contribution in [1.29, 1.82) is 0 Å². The van der Waals surface area contributed by atoms with Crippen LogP contribution in [0.4, 0.5) is 0 Å². The summed E-state index contributed by atoms with van der Waals surface area (Å²) in [5.74, 6) is 1.72. The summed E-state index contributed by atoms with van der Waals surface area (Å²) >= 11 is 0. The molecule has 0 atom stereocenters. The van der Waals surface area contributed by atoms with Crippen molar-refractivity contribution in [2.24, 2.45) is 0 Å². The van der Waals surface area contributed by atoms with E-state index >= 15 is 0 Å². The maximum absolute atomic E-state index is 6.17. The van der Waals surface area contributed by atoms with Gasteiger partial charge in [-0.05, 0) is 34.9 Å². The third-order valence-electron chi connectivity index (χ3n) is 5.03. The van der Waals surface area contributed by atoms with E-state index in [0.29, 0.717) is 25.0 Å². The molecule has 0 bridgehead atoms. The van der Waals surface area contributed by atoms with Crippen LogP contribution in [0.1, 0.15) is 16.7 Å². The number of hydrogen-bond donors (Lipinski definition) is 0. The molecule has 4 heteroatoms. The van der Waals surface area contributed by atoms with Gasteiger partial charge in [0.05, 0.1) is 7.11 Å². The summed E-state index contributed by atoms with van der Waals surface area (Å²) in [6, 6.07) is 29.7. The van der Waals surface area contributed by atoms with Crippen molar-refractivity contribution in [1.82, 2.24) is 4.98 Å². The first kappa shape index (κ1) is 21.2. The molecule has 3 aromatic carbocycles. The topological polar surface area (TPSA) is 40.6 Å². The summed E-state index contributed by atoms with van der Waals surface area (Å²) in [6.07, 6.45) is 1.80. The molecule has 4 aromatic rings. The van der Waals surface area contributed by atoms with Gasteiger partial charge in [0.1, 0.15) is 19.0 Å². The quantitative estimate of drug-likeness (QED) is 0.306. The monoisotopic (exact) mass is 423 g/mol. The van der Waals surface area contributed by atoms with Gasteiger partial charge in [0.2, 0.25) is 11.8 Å². The van der Waals surface area contributed by atoms with Gasteiger partial charge >= 0.3 is 0 Å². The molecule has 0 radical (unpaired) electrons. The highest BCUT2D eigenvalue weighted by molar-refractivity contribution is 5.77. The van der Waals surface area contributed by atoms with Gasteiger partial charge in [-0.25, -0.2) is 0 Å². The molecule has 1 aromatic heterocycles. The first-order valence-electron chi connectivity index (χ1n) is 10.4. The average Bonchev–Trinajstić information content (AvgIpc) is 2.87. The minimum Gasteiger partial charge on any atom is -0.496 e. The van der Waals surface area contributed by atoms with Crippen LogP contribution in [0, 0.1) is 0 Å². The van der Waals surface area contributed by atoms with E-state index in [1.165, 1.54) is 0 Å². The molecular weight excluding hydrogens is 398 g/mol. The molecule has 0 spiro atoms. The van der Waals surface area contributed by atoms with Gasteiger partial charge in [0.25, 0.3) is 0 Å². The number of hydrogen-bond acceptors (Lipinski definition) is 4. The van der Waals surface area contributed by atoms with E-state index in [4.69, 9.17) is 14.2 Å². The first-order valence-corrected chi connectivity index (χ1v) is 10.4. The Morgan fingerprint density at radius 2 is 1.41 bits per heavy atom. The van der Waals surface area contributed by atoms with Crippen molar-refractivity contribution in [3.63, 3.8) is 0 Å². The second-order valence-electron chi connectivity index (χ2n) is 7.21. The van der Waals surface area contributed by atoms with Crippen molar-refractivity contribution in [3.05, 3.63) is 114 Å². The molecule has 0 aliphatic rings. The van der Waals surface area contributed by atoms with Crippen LogP contribution in [-0.2, 0) is 13.2 Å². The zero-order chi connectivity index (χ0) is 22.2. The highest BCUT2D eigenvalue weighted by atomic mass is 16.5. The second kappa shape index (κ2) is 10.3. The van der Waals surface area contributed by atoms with E-state index in [1.807, 2.05) is 91.0 Å². The summed E-state index contributed by atoms with van der Waals surface area (Å²) in [7, 11) is 1.65. The third kappa shape index (κ3) is 5.16. The molecule has 0 unspecified atom stereocenters. The molecule has 0 fully saturated rings. The lowest BCUT2D eigenvalue weighted by Gasteiger charge is -2.15. The number of nitrogens with zero attached hydrogens (tertiary/aromatic N) is 1. The molecule has 1 heterocycles. The molecule has 0 N–H and O–H groups in total. The normalized spacial score (nSPS) is 10.4. The summed E-state index contributed by atoms with van der Waals surface area (Å²) in [6.45, 7) is 4.71. The van der Waals surface area contributed by atoms with Gasteiger partial charge in [-0.2, -0.15) is 4.98 Å². The predicted molar refractivity (Wildman–Crippen MR) is 128 cm³/mol. The van der Waals surface area contributed by atoms with E-state index in [-0.39, 0.29) is 0 Å². The zero-order valence-electron chi connectivity index (χ0n) is 18.0. The summed E-state index contributed by atoms with van der Waals surface area (Å²) in [4.78, 5) is 4.68. The lowest BCUT2D eigenvalue weighted by atomic mass is 10.0. The smallest absolute Gasteiger partial charge is 0.225 e. The number of aromatic nitrogens is 1. The van der Waals surface area contributed by atoms with Gasteiger partial charge in [-0.15, -0.1) is 0 Å². The number of ether oxygens (including phenoxy) is 3. The van der Waals surface area contributed by atoms with Crippen LogP contribution in [0.3, 0.4) is 0 Å². The highest BCUT2D eigenvalue weighted by Crippen LogP contribution is 2.38. The van der Waals surface area contributed by atoms with E-state index in [9.17, 15) is 0 Å². The Labute approximate surface area is 188 Å². The fourth-order valence-corrected chi connectivity index (χ4v) is 3.34. The molecule has 0 aliphatic carbocycles. The van der Waals surface area contributed by atoms with Crippen LogP contribution in [0.15, 0.2) is 97.6 Å². The Balaban J connectivity index is 1.67. The molecule has 4 rings (SSSR count). The number of benzene rings is 3. The maximum atomic E-state index is 6.17. The van der Waals surface area contributed by atoms with Crippen LogP contribution in [-0.4, -0.2) is 12.1 Å². The molecule has 160 valence electrons. The molecule has 0 saturated heterocycles. The first-order chi connectivity index (χ1) is 15.8. The minimum absolute atomic E-state index is 0.395. The highest BCUT2D eigenvalue weighted by Gasteiger charge is 2.15. The molecule has 0 amide bonds. The SMILES string of the molecule is C=Cc1ccc(OC)c(-c2ccc(OCc3ccccc3)nc2OCc2ccccc2)c1. The summed E-state index contributed by atoms with van der Waals surface area (Å²) in [5.41, 5.74) is 4.83. The summed E-state index contributed by atoms with van der Waals surface area (Å²) < 4.78 is 17.7. The van der Waals surface area contributed by atoms with Crippen LogP contribution in [0.5, 0.6) is 17.5 Å². The Kier molecular flexibility index (Phi) is 6.83. The zero-order valence-corrected chi connectivity index (χ0v) is 18.0. The fourth-order valence-electron chi connectivity index (χ4n) is 3.34. The van der Waals surface area contributed by atoms with Crippen molar-refractivity contribution in [2.75, 3.05) is 7.11 Å². The van der Waals surface area contributed by atoms with Crippen LogP contribution in [0.2, 0.25) is 0 Å². The second-order valence-corrected chi connectivity index (χ2v) is 7.21. The molecule has 0 saturated carbocycles. The van der Waals surface area contributed by atoms with Crippen molar-refractivity contribution in [3.8, 4) is 28.6 Å². The number of methoxy groups -OCH3 is 1. The van der Waals surface area contributed by atoms with Crippen LogP contribution in [0.25, 0.3) is 17.2 Å². The molecular formula is C28H25NO3. The van der Waals surface area contributed by atoms with E-state index in [0.717, 1.165) is 33.6 Å². The fraction of sp³-hybridized carbons (Fsp3) is 0.107. The van der Waals surface area contributed by atoms with E-state index in [2.05, 4.69) is 11.6 Å². The minimum atomic E-state index is 0.395. The number of pyridine rings is 1. The Morgan fingerprint density at radius 3 is 2.03 bits per heavy atom. The number of rotatable bonds is 9. The molecule has 32 heavy (non-hydrogen) atoms. The lowest BCUT2D eigenvalue weighted by molar-refractivity contribution is 0.268. The van der Waals surface area contributed by atoms with Crippen molar-refractivity contribution >= 4 is 6.08 Å². The standard InChI is InChI=1S/C28H25NO3/c1-3-21-14-16-26(30-2)25(18-21)24-15-17-27(31-19-22-10-6-4-7-11-22)29-28(24)32-20-23-12-8-5-9-13-23/h3-18H,1,19-20H2,2H3. The largest absolute Gasteiger partial charge is 0.496 e. The van der Waals surface area contributed by atoms with Crippen LogP contribution >= 0.6 is 0 Å². The molecule has 0 aliphatic heterocycles. The third-order valence-corrected chi connectivity index (χ3v) is 5.03.